The van der Waals surface area contributed by atoms with Crippen molar-refractivity contribution in [2.24, 2.45) is 0 Å². The predicted octanol–water partition coefficient (Wildman–Crippen LogP) is 2.13. The average Bonchev–Trinajstić information content (AvgIpc) is 2.90. The molecule has 1 aromatic rings. The molecule has 0 N–H and O–H groups in total. The van der Waals surface area contributed by atoms with Crippen molar-refractivity contribution in [2.75, 3.05) is 6.54 Å². The number of nitrogens with zero attached hydrogens (tertiary/aromatic N) is 3. The summed E-state index contributed by atoms with van der Waals surface area (Å²) in [4.78, 5) is 17.5. The van der Waals surface area contributed by atoms with Crippen LogP contribution in [0.1, 0.15) is 36.2 Å². The molecule has 0 radical (unpaired) electrons. The molecule has 0 aliphatic heterocycles. The number of carbonyl (C=O) groups is 1. The number of aromatic nitrogens is 1. The summed E-state index contributed by atoms with van der Waals surface area (Å²) in [6, 6.07) is 4.69. The van der Waals surface area contributed by atoms with Crippen molar-refractivity contribution in [1.82, 2.24) is 9.88 Å². The molecule has 0 spiro atoms. The number of nitriles is 1. The van der Waals surface area contributed by atoms with Crippen molar-refractivity contribution >= 4 is 5.91 Å². The fourth-order valence-corrected chi connectivity index (χ4v) is 2.31. The first kappa shape index (κ1) is 12.5. The second kappa shape index (κ2) is 5.58. The number of hydrogen-bond acceptors (Lipinski definition) is 3. The Balaban J connectivity index is 2.17. The molecule has 1 aliphatic rings. The Morgan fingerprint density at radius 2 is 2.22 bits per heavy atom. The van der Waals surface area contributed by atoms with Gasteiger partial charge in [0.25, 0.3) is 5.91 Å². The van der Waals surface area contributed by atoms with E-state index in [1.165, 1.54) is 12.1 Å². The van der Waals surface area contributed by atoms with Gasteiger partial charge in [-0.15, -0.1) is 0 Å². The Kier molecular flexibility index (Phi) is 3.88. The fourth-order valence-electron chi connectivity index (χ4n) is 2.31. The number of hydrogen-bond donors (Lipinski definition) is 0. The van der Waals surface area contributed by atoms with Gasteiger partial charge in [0.1, 0.15) is 18.1 Å². The normalized spacial score (nSPS) is 15.3. The summed E-state index contributed by atoms with van der Waals surface area (Å²) >= 11 is 0. The lowest BCUT2D eigenvalue weighted by Gasteiger charge is -2.25. The van der Waals surface area contributed by atoms with Gasteiger partial charge in [-0.05, 0) is 25.0 Å². The molecule has 0 bridgehead atoms. The molecular formula is C13H14FN3O. The van der Waals surface area contributed by atoms with Crippen LogP contribution in [0, 0.1) is 17.1 Å². The van der Waals surface area contributed by atoms with Crippen LogP contribution < -0.4 is 0 Å². The molecular weight excluding hydrogens is 233 g/mol. The third kappa shape index (κ3) is 2.65. The lowest BCUT2D eigenvalue weighted by atomic mass is 10.2. The minimum atomic E-state index is -0.473. The lowest BCUT2D eigenvalue weighted by molar-refractivity contribution is 0.0703. The van der Waals surface area contributed by atoms with Crippen LogP contribution in [0.15, 0.2) is 18.3 Å². The largest absolute Gasteiger partial charge is 0.321 e. The zero-order valence-electron chi connectivity index (χ0n) is 9.97. The Hall–Kier alpha value is -1.96. The summed E-state index contributed by atoms with van der Waals surface area (Å²) in [5, 5.41) is 8.81. The SMILES string of the molecule is N#CCN(C(=O)c1ccc(F)cn1)C1CCCC1. The van der Waals surface area contributed by atoms with E-state index in [-0.39, 0.29) is 24.2 Å². The van der Waals surface area contributed by atoms with Crippen molar-refractivity contribution in [3.63, 3.8) is 0 Å². The van der Waals surface area contributed by atoms with E-state index in [1.54, 1.807) is 4.90 Å². The van der Waals surface area contributed by atoms with Gasteiger partial charge in [0.15, 0.2) is 0 Å². The highest BCUT2D eigenvalue weighted by molar-refractivity contribution is 5.92. The molecule has 18 heavy (non-hydrogen) atoms. The predicted molar refractivity (Wildman–Crippen MR) is 63.1 cm³/mol. The third-order valence-corrected chi connectivity index (χ3v) is 3.21. The number of halogens is 1. The topological polar surface area (TPSA) is 57.0 Å². The minimum absolute atomic E-state index is 0.0581. The van der Waals surface area contributed by atoms with Crippen LogP contribution in [-0.2, 0) is 0 Å². The molecule has 1 fully saturated rings. The average molecular weight is 247 g/mol. The molecule has 0 aromatic carbocycles. The highest BCUT2D eigenvalue weighted by Gasteiger charge is 2.27. The molecule has 1 amide bonds. The first-order valence-corrected chi connectivity index (χ1v) is 6.02. The smallest absolute Gasteiger partial charge is 0.273 e. The van der Waals surface area contributed by atoms with Gasteiger partial charge in [-0.25, -0.2) is 9.37 Å². The Morgan fingerprint density at radius 3 is 2.78 bits per heavy atom. The lowest BCUT2D eigenvalue weighted by Crippen LogP contribution is -2.39. The first-order valence-electron chi connectivity index (χ1n) is 6.02. The van der Waals surface area contributed by atoms with Crippen LogP contribution in [-0.4, -0.2) is 28.4 Å². The summed E-state index contributed by atoms with van der Waals surface area (Å²) in [6.45, 7) is 0.0581. The summed E-state index contributed by atoms with van der Waals surface area (Å²) < 4.78 is 12.8. The monoisotopic (exact) mass is 247 g/mol. The zero-order valence-corrected chi connectivity index (χ0v) is 9.97. The van der Waals surface area contributed by atoms with Crippen LogP contribution in [0.25, 0.3) is 0 Å². The minimum Gasteiger partial charge on any atom is -0.321 e. The van der Waals surface area contributed by atoms with Crippen molar-refractivity contribution in [3.05, 3.63) is 29.8 Å². The van der Waals surface area contributed by atoms with Crippen LogP contribution >= 0.6 is 0 Å². The highest BCUT2D eigenvalue weighted by atomic mass is 19.1. The van der Waals surface area contributed by atoms with E-state index in [0.29, 0.717) is 0 Å². The van der Waals surface area contributed by atoms with Gasteiger partial charge in [0.2, 0.25) is 0 Å². The van der Waals surface area contributed by atoms with Crippen molar-refractivity contribution in [1.29, 1.82) is 5.26 Å². The Labute approximate surface area is 105 Å². The number of rotatable bonds is 3. The highest BCUT2D eigenvalue weighted by Crippen LogP contribution is 2.24. The van der Waals surface area contributed by atoms with Gasteiger partial charge in [0, 0.05) is 6.04 Å². The molecule has 0 unspecified atom stereocenters. The summed E-state index contributed by atoms with van der Waals surface area (Å²) in [5.74, 6) is -0.761. The van der Waals surface area contributed by atoms with Gasteiger partial charge >= 0.3 is 0 Å². The molecule has 1 aromatic heterocycles. The molecule has 1 aliphatic carbocycles. The molecule has 5 heteroatoms. The van der Waals surface area contributed by atoms with Crippen LogP contribution in [0.3, 0.4) is 0 Å². The van der Waals surface area contributed by atoms with Crippen LogP contribution in [0.4, 0.5) is 4.39 Å². The van der Waals surface area contributed by atoms with Gasteiger partial charge in [-0.1, -0.05) is 12.8 Å². The summed E-state index contributed by atoms with van der Waals surface area (Å²) in [7, 11) is 0. The van der Waals surface area contributed by atoms with E-state index < -0.39 is 5.82 Å². The Bertz CT molecular complexity index is 460. The Morgan fingerprint density at radius 1 is 1.50 bits per heavy atom. The van der Waals surface area contributed by atoms with Gasteiger partial charge in [-0.2, -0.15) is 5.26 Å². The zero-order chi connectivity index (χ0) is 13.0. The van der Waals surface area contributed by atoms with Crippen molar-refractivity contribution < 1.29 is 9.18 Å². The number of pyridine rings is 1. The van der Waals surface area contributed by atoms with Gasteiger partial charge in [0.05, 0.1) is 12.3 Å². The second-order valence-corrected chi connectivity index (χ2v) is 4.39. The molecule has 1 heterocycles. The van der Waals surface area contributed by atoms with E-state index in [0.717, 1.165) is 31.9 Å². The number of carbonyl (C=O) groups excluding carboxylic acids is 1. The van der Waals surface area contributed by atoms with Gasteiger partial charge in [-0.3, -0.25) is 4.79 Å². The van der Waals surface area contributed by atoms with E-state index in [2.05, 4.69) is 4.98 Å². The molecule has 0 atom stereocenters. The molecule has 94 valence electrons. The molecule has 1 saturated carbocycles. The second-order valence-electron chi connectivity index (χ2n) is 4.39. The number of amides is 1. The standard InChI is InChI=1S/C13H14FN3O/c14-10-5-6-12(16-9-10)13(18)17(8-7-15)11-3-1-2-4-11/h5-6,9,11H,1-4,8H2. The van der Waals surface area contributed by atoms with Crippen molar-refractivity contribution in [2.45, 2.75) is 31.7 Å². The van der Waals surface area contributed by atoms with Crippen LogP contribution in [0.5, 0.6) is 0 Å². The fraction of sp³-hybridized carbons (Fsp3) is 0.462. The first-order chi connectivity index (χ1) is 8.72. The summed E-state index contributed by atoms with van der Waals surface area (Å²) in [6.07, 6.45) is 5.03. The van der Waals surface area contributed by atoms with Crippen molar-refractivity contribution in [3.8, 4) is 6.07 Å². The van der Waals surface area contributed by atoms with E-state index in [1.807, 2.05) is 6.07 Å². The van der Waals surface area contributed by atoms with E-state index in [9.17, 15) is 9.18 Å². The van der Waals surface area contributed by atoms with Crippen LogP contribution in [0.2, 0.25) is 0 Å². The quantitative estimate of drug-likeness (QED) is 0.769. The van der Waals surface area contributed by atoms with Gasteiger partial charge < -0.3 is 4.90 Å². The third-order valence-electron chi connectivity index (χ3n) is 3.21. The molecule has 0 saturated heterocycles. The maximum absolute atomic E-state index is 12.8. The maximum Gasteiger partial charge on any atom is 0.273 e. The van der Waals surface area contributed by atoms with E-state index >= 15 is 0 Å². The summed E-state index contributed by atoms with van der Waals surface area (Å²) in [5.41, 5.74) is 0.193. The molecule has 2 rings (SSSR count). The van der Waals surface area contributed by atoms with E-state index in [4.69, 9.17) is 5.26 Å². The maximum atomic E-state index is 12.8. The molecule has 4 nitrogen and oxygen atoms in total.